The molecule has 1 rings (SSSR count). The number of hydrogen-bond acceptors (Lipinski definition) is 3. The Kier molecular flexibility index (Phi) is 3.95. The molecule has 0 spiro atoms. The smallest absolute Gasteiger partial charge is 0.230 e. The third kappa shape index (κ3) is 3.39. The molecule has 0 aromatic carbocycles. The van der Waals surface area contributed by atoms with Crippen molar-refractivity contribution in [1.82, 2.24) is 5.32 Å². The fraction of sp³-hybridized carbons (Fsp3) is 0.917. The van der Waals surface area contributed by atoms with Crippen molar-refractivity contribution < 1.29 is 9.90 Å². The molecule has 1 fully saturated rings. The van der Waals surface area contributed by atoms with Gasteiger partial charge in [0.1, 0.15) is 0 Å². The van der Waals surface area contributed by atoms with E-state index in [1.54, 1.807) is 11.8 Å². The number of rotatable bonds is 3. The molecule has 0 aromatic heterocycles. The quantitative estimate of drug-likeness (QED) is 0.797. The lowest BCUT2D eigenvalue weighted by Crippen LogP contribution is -2.61. The van der Waals surface area contributed by atoms with Gasteiger partial charge in [0.25, 0.3) is 0 Å². The highest BCUT2D eigenvalue weighted by molar-refractivity contribution is 8.01. The average Bonchev–Trinajstić information content (AvgIpc) is 2.13. The molecule has 2 atom stereocenters. The van der Waals surface area contributed by atoms with E-state index in [-0.39, 0.29) is 28.2 Å². The molecule has 94 valence electrons. The number of amides is 1. The summed E-state index contributed by atoms with van der Waals surface area (Å²) < 4.78 is 0.117. The highest BCUT2D eigenvalue weighted by Gasteiger charge is 2.47. The van der Waals surface area contributed by atoms with Crippen molar-refractivity contribution in [2.75, 3.05) is 5.75 Å². The van der Waals surface area contributed by atoms with Gasteiger partial charge in [0.15, 0.2) is 0 Å². The topological polar surface area (TPSA) is 49.3 Å². The van der Waals surface area contributed by atoms with Crippen LogP contribution in [0.15, 0.2) is 0 Å². The monoisotopic (exact) mass is 245 g/mol. The molecule has 2 N–H and O–H groups in total. The summed E-state index contributed by atoms with van der Waals surface area (Å²) >= 11 is 1.64. The number of aliphatic hydroxyl groups excluding tert-OH is 1. The average molecular weight is 245 g/mol. The molecule has 1 aliphatic rings. The molecule has 3 nitrogen and oxygen atoms in total. The van der Waals surface area contributed by atoms with Crippen LogP contribution in [0.1, 0.15) is 41.0 Å². The molecule has 1 aliphatic carbocycles. The second-order valence-electron chi connectivity index (χ2n) is 6.09. The van der Waals surface area contributed by atoms with Crippen molar-refractivity contribution >= 4 is 17.7 Å². The maximum atomic E-state index is 11.7. The van der Waals surface area contributed by atoms with E-state index >= 15 is 0 Å². The molecule has 0 saturated heterocycles. The van der Waals surface area contributed by atoms with Gasteiger partial charge >= 0.3 is 0 Å². The van der Waals surface area contributed by atoms with Gasteiger partial charge in [-0.15, -0.1) is 11.8 Å². The minimum Gasteiger partial charge on any atom is -0.392 e. The Bertz CT molecular complexity index is 271. The van der Waals surface area contributed by atoms with E-state index in [1.807, 2.05) is 13.8 Å². The van der Waals surface area contributed by atoms with Gasteiger partial charge in [-0.25, -0.2) is 0 Å². The van der Waals surface area contributed by atoms with Crippen LogP contribution in [0, 0.1) is 5.41 Å². The van der Waals surface area contributed by atoms with Gasteiger partial charge in [-0.05, 0) is 6.42 Å². The molecular weight excluding hydrogens is 222 g/mol. The minimum atomic E-state index is -0.284. The van der Waals surface area contributed by atoms with Crippen LogP contribution in [-0.2, 0) is 4.79 Å². The Labute approximate surface area is 102 Å². The number of nitrogens with one attached hydrogen (secondary N) is 1. The third-order valence-corrected chi connectivity index (χ3v) is 4.46. The van der Waals surface area contributed by atoms with Gasteiger partial charge in [-0.1, -0.05) is 34.6 Å². The van der Waals surface area contributed by atoms with E-state index < -0.39 is 0 Å². The Morgan fingerprint density at radius 3 is 2.44 bits per heavy atom. The first-order chi connectivity index (χ1) is 7.13. The summed E-state index contributed by atoms with van der Waals surface area (Å²) in [5.74, 6) is 0.566. The van der Waals surface area contributed by atoms with Crippen LogP contribution in [0.5, 0.6) is 0 Å². The van der Waals surface area contributed by atoms with Crippen molar-refractivity contribution in [3.05, 3.63) is 0 Å². The van der Waals surface area contributed by atoms with Crippen LogP contribution in [-0.4, -0.2) is 33.7 Å². The van der Waals surface area contributed by atoms with Gasteiger partial charge in [0.2, 0.25) is 5.91 Å². The fourth-order valence-electron chi connectivity index (χ4n) is 1.67. The van der Waals surface area contributed by atoms with Gasteiger partial charge in [0.05, 0.1) is 11.9 Å². The second-order valence-corrected chi connectivity index (χ2v) is 7.90. The largest absolute Gasteiger partial charge is 0.392 e. The number of thioether (sulfide) groups is 1. The lowest BCUT2D eigenvalue weighted by molar-refractivity contribution is -0.126. The van der Waals surface area contributed by atoms with E-state index in [0.717, 1.165) is 0 Å². The normalized spacial score (nSPS) is 28.4. The number of aliphatic hydroxyl groups is 1. The molecular formula is C12H23NO2S. The first kappa shape index (κ1) is 13.8. The predicted molar refractivity (Wildman–Crippen MR) is 68.5 cm³/mol. The van der Waals surface area contributed by atoms with E-state index in [4.69, 9.17) is 0 Å². The second kappa shape index (κ2) is 4.57. The number of carbonyl (C=O) groups excluding carboxylic acids is 1. The zero-order chi connectivity index (χ0) is 12.6. The Morgan fingerprint density at radius 1 is 1.50 bits per heavy atom. The van der Waals surface area contributed by atoms with Gasteiger partial charge in [-0.2, -0.15) is 0 Å². The molecule has 0 aromatic rings. The summed E-state index contributed by atoms with van der Waals surface area (Å²) in [4.78, 5) is 11.7. The lowest BCUT2D eigenvalue weighted by Gasteiger charge is -2.49. The zero-order valence-electron chi connectivity index (χ0n) is 10.8. The summed E-state index contributed by atoms with van der Waals surface area (Å²) in [7, 11) is 0. The number of carbonyl (C=O) groups is 1. The Balaban J connectivity index is 2.31. The van der Waals surface area contributed by atoms with Crippen molar-refractivity contribution in [3.63, 3.8) is 0 Å². The standard InChI is InChI=1S/C12H23NO2S/c1-11(2,3)16-7-10(15)13-8-6-9(14)12(8,4)5/h8-9,14H,6-7H2,1-5H3,(H,13,15). The van der Waals surface area contributed by atoms with E-state index in [9.17, 15) is 9.90 Å². The minimum absolute atomic E-state index is 0.0740. The van der Waals surface area contributed by atoms with Crippen LogP contribution in [0.4, 0.5) is 0 Å². The Morgan fingerprint density at radius 2 is 2.06 bits per heavy atom. The predicted octanol–water partition coefficient (Wildman–Crippen LogP) is 1.79. The molecule has 2 unspecified atom stereocenters. The van der Waals surface area contributed by atoms with Crippen molar-refractivity contribution in [2.45, 2.75) is 57.9 Å². The number of hydrogen-bond donors (Lipinski definition) is 2. The summed E-state index contributed by atoms with van der Waals surface area (Å²) in [5.41, 5.74) is -0.179. The van der Waals surface area contributed by atoms with Gasteiger partial charge in [-0.3, -0.25) is 4.79 Å². The summed E-state index contributed by atoms with van der Waals surface area (Å²) in [6, 6.07) is 0.121. The van der Waals surface area contributed by atoms with E-state index in [0.29, 0.717) is 12.2 Å². The SMILES string of the molecule is CC(C)(C)SCC(=O)NC1CC(O)C1(C)C. The molecule has 0 bridgehead atoms. The zero-order valence-corrected chi connectivity index (χ0v) is 11.6. The maximum Gasteiger partial charge on any atom is 0.230 e. The highest BCUT2D eigenvalue weighted by atomic mass is 32.2. The molecule has 1 saturated carbocycles. The molecule has 16 heavy (non-hydrogen) atoms. The van der Waals surface area contributed by atoms with Crippen LogP contribution in [0.3, 0.4) is 0 Å². The van der Waals surface area contributed by atoms with Crippen LogP contribution in [0.25, 0.3) is 0 Å². The van der Waals surface area contributed by atoms with E-state index in [1.165, 1.54) is 0 Å². The van der Waals surface area contributed by atoms with Gasteiger partial charge < -0.3 is 10.4 Å². The summed E-state index contributed by atoms with van der Waals surface area (Å²) in [5, 5.41) is 12.6. The first-order valence-electron chi connectivity index (χ1n) is 5.74. The van der Waals surface area contributed by atoms with Crippen LogP contribution < -0.4 is 5.32 Å². The molecule has 1 amide bonds. The first-order valence-corrected chi connectivity index (χ1v) is 6.73. The lowest BCUT2D eigenvalue weighted by atomic mass is 9.64. The van der Waals surface area contributed by atoms with Crippen LogP contribution in [0.2, 0.25) is 0 Å². The molecule has 0 heterocycles. The van der Waals surface area contributed by atoms with Crippen LogP contribution >= 0.6 is 11.8 Å². The highest BCUT2D eigenvalue weighted by Crippen LogP contribution is 2.40. The third-order valence-electron chi connectivity index (χ3n) is 3.19. The summed E-state index contributed by atoms with van der Waals surface area (Å²) in [6.07, 6.45) is 0.395. The van der Waals surface area contributed by atoms with Crippen molar-refractivity contribution in [1.29, 1.82) is 0 Å². The van der Waals surface area contributed by atoms with Gasteiger partial charge in [0, 0.05) is 16.2 Å². The fourth-order valence-corrected chi connectivity index (χ4v) is 2.31. The molecule has 0 aliphatic heterocycles. The summed E-state index contributed by atoms with van der Waals surface area (Å²) in [6.45, 7) is 10.3. The molecule has 4 heteroatoms. The van der Waals surface area contributed by atoms with Crippen molar-refractivity contribution in [3.8, 4) is 0 Å². The maximum absolute atomic E-state index is 11.7. The van der Waals surface area contributed by atoms with Crippen molar-refractivity contribution in [2.24, 2.45) is 5.41 Å². The molecule has 0 radical (unpaired) electrons. The van der Waals surface area contributed by atoms with E-state index in [2.05, 4.69) is 26.1 Å². The Hall–Kier alpha value is -0.220.